The number of nitrogens with zero attached hydrogens (tertiary/aromatic N) is 6. The number of aromatic nitrogens is 8. The summed E-state index contributed by atoms with van der Waals surface area (Å²) >= 11 is 0. The first-order valence-electron chi connectivity index (χ1n) is 21.7. The number of amides is 2. The number of ether oxygens (including phenoxy) is 3. The maximum Gasteiger partial charge on any atom is 0.338 e. The molecular weight excluding hydrogens is 865 g/mol. The lowest BCUT2D eigenvalue weighted by molar-refractivity contribution is -0.162. The second kappa shape index (κ2) is 18.3. The largest absolute Gasteiger partial charge is 0.464 e. The van der Waals surface area contributed by atoms with Crippen LogP contribution in [0.2, 0.25) is 36.3 Å². The molecule has 21 nitrogen and oxygen atoms in total. The smallest absolute Gasteiger partial charge is 0.338 e. The molecule has 64 heavy (non-hydrogen) atoms. The van der Waals surface area contributed by atoms with Crippen LogP contribution in [0.4, 0.5) is 11.9 Å². The van der Waals surface area contributed by atoms with Crippen LogP contribution in [-0.4, -0.2) is 116 Å². The molecule has 2 amide bonds. The highest BCUT2D eigenvalue weighted by Gasteiger charge is 2.49. The Morgan fingerprint density at radius 1 is 0.797 bits per heavy atom. The Bertz CT molecular complexity index is 2490. The van der Waals surface area contributed by atoms with Gasteiger partial charge in [0.25, 0.3) is 11.1 Å². The molecule has 3 unspecified atom stereocenters. The van der Waals surface area contributed by atoms with Crippen LogP contribution in [0.1, 0.15) is 94.0 Å². The molecule has 7 atom stereocenters. The standard InChI is InChI=1S/C41H64N10O11Si2/c1-21(2)33(53)46-38-44-32-29(35(55)48-38)43-20-51(32)27-17-24(62-64(12,13)41(7,8)9)30(60-27)37(57)58-15-14-22(3)34(54)47-39-45-31-28(36(56)49-39)42-19-50(31)26-16-23(25(18-52)59-26)61-63(10,11)40(4,5)6/h19-27,30,52H,14-18H2,1-13H3,(H2,44,46,48,53,55)(H2,45,47,49,54,56)/t22?,23?,24?,25-,26-,27-,30+/m1/s1. The van der Waals surface area contributed by atoms with Crippen molar-refractivity contribution in [3.05, 3.63) is 33.4 Å². The number of carbonyl (C=O) groups is 3. The van der Waals surface area contributed by atoms with E-state index in [9.17, 15) is 29.1 Å². The van der Waals surface area contributed by atoms with Gasteiger partial charge in [-0.2, -0.15) is 9.97 Å². The first-order chi connectivity index (χ1) is 29.7. The van der Waals surface area contributed by atoms with Crippen molar-refractivity contribution in [3.63, 3.8) is 0 Å². The van der Waals surface area contributed by atoms with Gasteiger partial charge in [0.15, 0.2) is 45.1 Å². The average Bonchev–Trinajstić information content (AvgIpc) is 3.98. The van der Waals surface area contributed by atoms with Crippen LogP contribution < -0.4 is 21.8 Å². The molecule has 0 aliphatic carbocycles. The minimum absolute atomic E-state index is 0.0240. The Kier molecular flexibility index (Phi) is 14.0. The second-order valence-corrected chi connectivity index (χ2v) is 29.6. The minimum Gasteiger partial charge on any atom is -0.464 e. The summed E-state index contributed by atoms with van der Waals surface area (Å²) in [5.41, 5.74) is -0.723. The molecule has 6 heterocycles. The van der Waals surface area contributed by atoms with E-state index in [0.29, 0.717) is 6.42 Å². The Morgan fingerprint density at radius 3 is 1.75 bits per heavy atom. The Morgan fingerprint density at radius 2 is 1.27 bits per heavy atom. The van der Waals surface area contributed by atoms with Crippen LogP contribution >= 0.6 is 0 Å². The zero-order valence-electron chi connectivity index (χ0n) is 39.0. The van der Waals surface area contributed by atoms with Gasteiger partial charge in [0.2, 0.25) is 23.7 Å². The van der Waals surface area contributed by atoms with Crippen LogP contribution in [0.25, 0.3) is 22.3 Å². The fourth-order valence-corrected chi connectivity index (χ4v) is 9.53. The quantitative estimate of drug-likeness (QED) is 0.0799. The predicted octanol–water partition coefficient (Wildman–Crippen LogP) is 4.70. The number of fused-ring (bicyclic) bond motifs is 2. The fourth-order valence-electron chi connectivity index (χ4n) is 6.84. The SMILES string of the molecule is CC(C)C(=O)Nc1nc2c(ncn2[C@H]2CC(O[Si](C)(C)C(C)(C)C)[C@@H](C(=O)OCCC(C)C(=O)Nc3nc4c(ncn4[C@H]4CC(O[Si](C)(C)C(C)(C)C)[C@@H](CO)O4)c(=O)[nH]3)O2)c(=O)[nH]1. The highest BCUT2D eigenvalue weighted by atomic mass is 28.4. The molecule has 2 fully saturated rings. The van der Waals surface area contributed by atoms with E-state index in [0.717, 1.165) is 0 Å². The Hall–Kier alpha value is -4.66. The summed E-state index contributed by atoms with van der Waals surface area (Å²) in [5, 5.41) is 15.2. The monoisotopic (exact) mass is 928 g/mol. The molecule has 4 aromatic heterocycles. The number of rotatable bonds is 15. The Balaban J connectivity index is 1.12. The second-order valence-electron chi connectivity index (χ2n) is 20.1. The Labute approximate surface area is 373 Å². The molecule has 2 saturated heterocycles. The highest BCUT2D eigenvalue weighted by molar-refractivity contribution is 6.74. The first kappa shape index (κ1) is 48.8. The molecule has 23 heteroatoms. The van der Waals surface area contributed by atoms with E-state index in [2.05, 4.69) is 108 Å². The van der Waals surface area contributed by atoms with E-state index in [4.69, 9.17) is 23.1 Å². The maximum atomic E-state index is 13.8. The molecule has 0 spiro atoms. The molecule has 2 aliphatic rings. The summed E-state index contributed by atoms with van der Waals surface area (Å²) in [6, 6.07) is 0. The van der Waals surface area contributed by atoms with Crippen molar-refractivity contribution < 1.29 is 42.6 Å². The number of esters is 1. The number of nitrogens with one attached hydrogen (secondary N) is 4. The molecule has 5 N–H and O–H groups in total. The third-order valence-electron chi connectivity index (χ3n) is 12.9. The van der Waals surface area contributed by atoms with E-state index >= 15 is 0 Å². The minimum atomic E-state index is -2.47. The number of hydrogen-bond acceptors (Lipinski definition) is 15. The van der Waals surface area contributed by atoms with Crippen molar-refractivity contribution in [2.45, 2.75) is 155 Å². The summed E-state index contributed by atoms with van der Waals surface area (Å²) in [4.78, 5) is 88.3. The molecule has 0 bridgehead atoms. The summed E-state index contributed by atoms with van der Waals surface area (Å²) in [6.45, 7) is 25.7. The molecule has 0 radical (unpaired) electrons. The number of aliphatic hydroxyl groups excluding tert-OH is 1. The molecule has 0 aromatic carbocycles. The topological polar surface area (TPSA) is 269 Å². The molecule has 6 rings (SSSR count). The van der Waals surface area contributed by atoms with Crippen molar-refractivity contribution in [1.29, 1.82) is 0 Å². The summed E-state index contributed by atoms with van der Waals surface area (Å²) < 4.78 is 34.7. The van der Waals surface area contributed by atoms with Crippen molar-refractivity contribution in [2.24, 2.45) is 11.8 Å². The summed E-state index contributed by atoms with van der Waals surface area (Å²) in [6.07, 6.45) is -0.790. The van der Waals surface area contributed by atoms with Crippen LogP contribution in [0.3, 0.4) is 0 Å². The molecule has 4 aromatic rings. The summed E-state index contributed by atoms with van der Waals surface area (Å²) in [7, 11) is -4.68. The normalized spacial score (nSPS) is 22.7. The zero-order chi connectivity index (χ0) is 47.3. The third kappa shape index (κ3) is 10.2. The lowest BCUT2D eigenvalue weighted by Gasteiger charge is -2.39. The van der Waals surface area contributed by atoms with Gasteiger partial charge in [-0.3, -0.25) is 48.9 Å². The average molecular weight is 929 g/mol. The van der Waals surface area contributed by atoms with Gasteiger partial charge in [-0.15, -0.1) is 0 Å². The number of aliphatic hydroxyl groups is 1. The van der Waals surface area contributed by atoms with Crippen LogP contribution in [0.5, 0.6) is 0 Å². The van der Waals surface area contributed by atoms with Gasteiger partial charge in [-0.25, -0.2) is 14.8 Å². The number of imidazole rings is 2. The number of hydrogen-bond donors (Lipinski definition) is 5. The van der Waals surface area contributed by atoms with Crippen LogP contribution in [0.15, 0.2) is 22.2 Å². The number of carbonyl (C=O) groups excluding carboxylic acids is 3. The van der Waals surface area contributed by atoms with E-state index in [1.807, 2.05) is 0 Å². The van der Waals surface area contributed by atoms with E-state index < -0.39 is 76.3 Å². The number of aromatic amines is 2. The van der Waals surface area contributed by atoms with Gasteiger partial charge in [-0.05, 0) is 42.7 Å². The van der Waals surface area contributed by atoms with Crippen LogP contribution in [-0.2, 0) is 37.4 Å². The fraction of sp³-hybridized carbons (Fsp3) is 0.683. The molecular formula is C41H64N10O11Si2. The lowest BCUT2D eigenvalue weighted by atomic mass is 10.1. The van der Waals surface area contributed by atoms with Gasteiger partial charge < -0.3 is 28.2 Å². The summed E-state index contributed by atoms with van der Waals surface area (Å²) in [5.74, 6) is -2.73. The highest BCUT2D eigenvalue weighted by Crippen LogP contribution is 2.43. The molecule has 2 aliphatic heterocycles. The number of anilines is 2. The van der Waals surface area contributed by atoms with Crippen molar-refractivity contribution in [1.82, 2.24) is 39.0 Å². The predicted molar refractivity (Wildman–Crippen MR) is 241 cm³/mol. The maximum absolute atomic E-state index is 13.8. The van der Waals surface area contributed by atoms with Crippen molar-refractivity contribution >= 4 is 68.6 Å². The van der Waals surface area contributed by atoms with Gasteiger partial charge in [0, 0.05) is 24.7 Å². The van der Waals surface area contributed by atoms with Crippen LogP contribution in [0, 0.1) is 11.8 Å². The lowest BCUT2D eigenvalue weighted by Crippen LogP contribution is -2.47. The van der Waals surface area contributed by atoms with Gasteiger partial charge in [0.1, 0.15) is 18.6 Å². The van der Waals surface area contributed by atoms with Gasteiger partial charge in [-0.1, -0.05) is 62.3 Å². The molecule has 352 valence electrons. The van der Waals surface area contributed by atoms with E-state index in [1.54, 1.807) is 25.3 Å². The zero-order valence-corrected chi connectivity index (χ0v) is 41.0. The van der Waals surface area contributed by atoms with Gasteiger partial charge in [0.05, 0.1) is 38.1 Å². The van der Waals surface area contributed by atoms with Crippen molar-refractivity contribution in [2.75, 3.05) is 23.8 Å². The van der Waals surface area contributed by atoms with E-state index in [1.165, 1.54) is 17.2 Å². The molecule has 0 saturated carbocycles. The van der Waals surface area contributed by atoms with Crippen molar-refractivity contribution in [3.8, 4) is 0 Å². The van der Waals surface area contributed by atoms with Gasteiger partial charge >= 0.3 is 5.97 Å². The van der Waals surface area contributed by atoms with E-state index in [-0.39, 0.29) is 88.3 Å². The third-order valence-corrected chi connectivity index (χ3v) is 21.9. The first-order valence-corrected chi connectivity index (χ1v) is 27.5. The number of H-pyrrole nitrogens is 2.